The van der Waals surface area contributed by atoms with Crippen LogP contribution in [0.2, 0.25) is 0 Å². The standard InChI is InChI=1S/C40H74NO11P/c1-6-8-10-11-12-13-14-15-16-17-19-25-40(46)52-34(32-51-53(47,48)50-29-28-41(3,4)5)31-49-39(45)24-21-20-23-35-36(38(44)30-37(35)43)27-26-33(42)22-18-9-7-2/h20-21,26-27,33-38,42-44H,6-19,22-25,28-32H2,1-5H3/p+1/b21-20-,27-26+/t33-,34-,35+,36-,37+,38-/m1/s1. The number of allylic oxidation sites excluding steroid dienone is 1. The first-order valence-corrected chi connectivity index (χ1v) is 21.8. The summed E-state index contributed by atoms with van der Waals surface area (Å²) >= 11 is 0. The van der Waals surface area contributed by atoms with Gasteiger partial charge in [0, 0.05) is 18.8 Å². The lowest BCUT2D eigenvalue weighted by atomic mass is 9.89. The summed E-state index contributed by atoms with van der Waals surface area (Å²) < 4.78 is 34.1. The van der Waals surface area contributed by atoms with Gasteiger partial charge in [-0.05, 0) is 25.2 Å². The third-order valence-electron chi connectivity index (χ3n) is 9.59. The molecule has 1 unspecified atom stereocenters. The molecule has 0 saturated heterocycles. The summed E-state index contributed by atoms with van der Waals surface area (Å²) in [5.74, 6) is -1.69. The van der Waals surface area contributed by atoms with E-state index in [2.05, 4.69) is 13.8 Å². The molecule has 0 heterocycles. The van der Waals surface area contributed by atoms with E-state index >= 15 is 0 Å². The first-order chi connectivity index (χ1) is 25.2. The van der Waals surface area contributed by atoms with Crippen LogP contribution < -0.4 is 0 Å². The molecule has 0 aliphatic heterocycles. The molecule has 0 amide bonds. The zero-order valence-electron chi connectivity index (χ0n) is 33.6. The topological polar surface area (TPSA) is 169 Å². The average molecular weight is 777 g/mol. The van der Waals surface area contributed by atoms with Crippen molar-refractivity contribution < 1.29 is 57.4 Å². The molecule has 0 aromatic carbocycles. The minimum atomic E-state index is -4.45. The number of unbranched alkanes of at least 4 members (excludes halogenated alkanes) is 12. The third kappa shape index (κ3) is 26.0. The van der Waals surface area contributed by atoms with Crippen molar-refractivity contribution in [3.8, 4) is 0 Å². The number of nitrogens with zero attached hydrogens (tertiary/aromatic N) is 1. The fourth-order valence-electron chi connectivity index (χ4n) is 6.28. The fraction of sp³-hybridized carbons (Fsp3) is 0.850. The molecule has 1 aliphatic rings. The third-order valence-corrected chi connectivity index (χ3v) is 10.6. The second-order valence-corrected chi connectivity index (χ2v) is 17.1. The number of phosphoric acid groups is 1. The molecule has 0 aromatic heterocycles. The number of likely N-dealkylation sites (N-methyl/N-ethyl adjacent to an activating group) is 1. The van der Waals surface area contributed by atoms with Crippen LogP contribution in [-0.2, 0) is 32.7 Å². The molecule has 0 spiro atoms. The zero-order chi connectivity index (χ0) is 39.5. The zero-order valence-corrected chi connectivity index (χ0v) is 34.5. The second kappa shape index (κ2) is 28.7. The van der Waals surface area contributed by atoms with Crippen LogP contribution in [0.3, 0.4) is 0 Å². The molecule has 0 bridgehead atoms. The van der Waals surface area contributed by atoms with Gasteiger partial charge in [0.05, 0.1) is 52.5 Å². The van der Waals surface area contributed by atoms with Gasteiger partial charge in [0.2, 0.25) is 0 Å². The van der Waals surface area contributed by atoms with Gasteiger partial charge < -0.3 is 34.2 Å². The van der Waals surface area contributed by atoms with Gasteiger partial charge in [-0.2, -0.15) is 0 Å². The molecule has 13 heteroatoms. The Bertz CT molecular complexity index is 1080. The van der Waals surface area contributed by atoms with Gasteiger partial charge in [0.25, 0.3) is 0 Å². The van der Waals surface area contributed by atoms with E-state index in [1.165, 1.54) is 44.9 Å². The Kier molecular flexibility index (Phi) is 26.8. The van der Waals surface area contributed by atoms with E-state index in [-0.39, 0.29) is 44.3 Å². The molecule has 0 radical (unpaired) electrons. The van der Waals surface area contributed by atoms with Gasteiger partial charge in [-0.15, -0.1) is 0 Å². The number of aliphatic hydroxyl groups excluding tert-OH is 3. The second-order valence-electron chi connectivity index (χ2n) is 15.7. The molecule has 310 valence electrons. The predicted octanol–water partition coefficient (Wildman–Crippen LogP) is 7.17. The quantitative estimate of drug-likeness (QED) is 0.0180. The molecule has 7 atom stereocenters. The molecule has 1 fully saturated rings. The number of aliphatic hydroxyl groups is 3. The van der Waals surface area contributed by atoms with Crippen molar-refractivity contribution in [2.45, 2.75) is 160 Å². The van der Waals surface area contributed by atoms with Crippen LogP contribution in [0, 0.1) is 11.8 Å². The van der Waals surface area contributed by atoms with E-state index in [4.69, 9.17) is 18.5 Å². The first kappa shape index (κ1) is 49.4. The maximum atomic E-state index is 12.7. The summed E-state index contributed by atoms with van der Waals surface area (Å²) in [7, 11) is 1.31. The van der Waals surface area contributed by atoms with Crippen LogP contribution in [0.5, 0.6) is 0 Å². The summed E-state index contributed by atoms with van der Waals surface area (Å²) in [5, 5.41) is 31.3. The van der Waals surface area contributed by atoms with E-state index in [0.29, 0.717) is 30.3 Å². The highest BCUT2D eigenvalue weighted by Gasteiger charge is 2.39. The molecule has 0 aromatic rings. The highest BCUT2D eigenvalue weighted by atomic mass is 31.2. The van der Waals surface area contributed by atoms with Gasteiger partial charge in [-0.1, -0.05) is 122 Å². The summed E-state index contributed by atoms with van der Waals surface area (Å²) in [6.45, 7) is 3.92. The molecule has 53 heavy (non-hydrogen) atoms. The van der Waals surface area contributed by atoms with Gasteiger partial charge in [0.15, 0.2) is 6.10 Å². The Balaban J connectivity index is 2.61. The van der Waals surface area contributed by atoms with Crippen molar-refractivity contribution in [1.82, 2.24) is 0 Å². The largest absolute Gasteiger partial charge is 0.472 e. The number of hydrogen-bond donors (Lipinski definition) is 4. The van der Waals surface area contributed by atoms with Crippen molar-refractivity contribution >= 4 is 19.8 Å². The minimum Gasteiger partial charge on any atom is -0.461 e. The van der Waals surface area contributed by atoms with Gasteiger partial charge >= 0.3 is 19.8 Å². The minimum absolute atomic E-state index is 0.0171. The Labute approximate surface area is 320 Å². The maximum absolute atomic E-state index is 12.7. The van der Waals surface area contributed by atoms with Crippen LogP contribution >= 0.6 is 7.82 Å². The van der Waals surface area contributed by atoms with Crippen molar-refractivity contribution in [3.05, 3.63) is 24.3 Å². The van der Waals surface area contributed by atoms with E-state index in [9.17, 15) is 34.4 Å². The maximum Gasteiger partial charge on any atom is 0.472 e. The lowest BCUT2D eigenvalue weighted by Crippen LogP contribution is -2.37. The molecule has 1 aliphatic carbocycles. The first-order valence-electron chi connectivity index (χ1n) is 20.3. The highest BCUT2D eigenvalue weighted by Crippen LogP contribution is 2.43. The van der Waals surface area contributed by atoms with Gasteiger partial charge in [0.1, 0.15) is 19.8 Å². The van der Waals surface area contributed by atoms with Gasteiger partial charge in [-0.25, -0.2) is 4.57 Å². The predicted molar refractivity (Wildman–Crippen MR) is 208 cm³/mol. The van der Waals surface area contributed by atoms with Crippen LogP contribution in [0.25, 0.3) is 0 Å². The molecule has 1 saturated carbocycles. The van der Waals surface area contributed by atoms with Gasteiger partial charge in [-0.3, -0.25) is 18.6 Å². The Morgan fingerprint density at radius 3 is 2.04 bits per heavy atom. The average Bonchev–Trinajstić information content (AvgIpc) is 3.36. The number of ether oxygens (including phenoxy) is 2. The van der Waals surface area contributed by atoms with Crippen LogP contribution in [0.15, 0.2) is 24.3 Å². The number of phosphoric ester groups is 1. The Hall–Kier alpha value is -1.63. The smallest absolute Gasteiger partial charge is 0.461 e. The molecule has 12 nitrogen and oxygen atoms in total. The van der Waals surface area contributed by atoms with Crippen molar-refractivity contribution in [2.24, 2.45) is 11.8 Å². The number of hydrogen-bond acceptors (Lipinski definition) is 10. The number of carbonyl (C=O) groups is 2. The van der Waals surface area contributed by atoms with Crippen molar-refractivity contribution in [1.29, 1.82) is 0 Å². The van der Waals surface area contributed by atoms with Crippen LogP contribution in [0.4, 0.5) is 0 Å². The lowest BCUT2D eigenvalue weighted by molar-refractivity contribution is -0.870. The number of carbonyl (C=O) groups excluding carboxylic acids is 2. The molecular formula is C40H75NO11P+. The molecule has 4 N–H and O–H groups in total. The summed E-state index contributed by atoms with van der Waals surface area (Å²) in [4.78, 5) is 35.4. The SMILES string of the molecule is CCCCCCCCCCCCCC(=O)O[C@H](COC(=O)C/C=C\C[C@H]1[C@@H](/C=C/[C@H](O)CCCCC)[C@H](O)C[C@@H]1O)COP(=O)(O)OCC[N+](C)(C)C. The summed E-state index contributed by atoms with van der Waals surface area (Å²) in [6, 6.07) is 0. The summed E-state index contributed by atoms with van der Waals surface area (Å²) in [5.41, 5.74) is 0. The molecular weight excluding hydrogens is 701 g/mol. The summed E-state index contributed by atoms with van der Waals surface area (Å²) in [6.07, 6.45) is 20.8. The number of rotatable bonds is 32. The lowest BCUT2D eigenvalue weighted by Gasteiger charge is -2.24. The monoisotopic (exact) mass is 777 g/mol. The Morgan fingerprint density at radius 1 is 0.811 bits per heavy atom. The Morgan fingerprint density at radius 2 is 1.42 bits per heavy atom. The van der Waals surface area contributed by atoms with E-state index < -0.39 is 50.8 Å². The van der Waals surface area contributed by atoms with Crippen molar-refractivity contribution in [2.75, 3.05) is 47.5 Å². The van der Waals surface area contributed by atoms with Crippen LogP contribution in [-0.4, -0.2) is 109 Å². The van der Waals surface area contributed by atoms with E-state index in [1.807, 2.05) is 21.1 Å². The van der Waals surface area contributed by atoms with Crippen molar-refractivity contribution in [3.63, 3.8) is 0 Å². The van der Waals surface area contributed by atoms with E-state index in [0.717, 1.165) is 38.5 Å². The van der Waals surface area contributed by atoms with Crippen LogP contribution in [0.1, 0.15) is 136 Å². The van der Waals surface area contributed by atoms with E-state index in [1.54, 1.807) is 24.3 Å². The highest BCUT2D eigenvalue weighted by molar-refractivity contribution is 7.47. The number of quaternary nitrogens is 1. The number of esters is 2. The normalized spacial score (nSPS) is 21.6. The fourth-order valence-corrected chi connectivity index (χ4v) is 7.02. The molecule has 1 rings (SSSR count).